The summed E-state index contributed by atoms with van der Waals surface area (Å²) >= 11 is 3.38. The van der Waals surface area contributed by atoms with Crippen LogP contribution in [0.25, 0.3) is 0 Å². The molecule has 2 aromatic rings. The molecule has 0 bridgehead atoms. The maximum Gasteiger partial charge on any atom is 0.343 e. The van der Waals surface area contributed by atoms with Gasteiger partial charge in [-0.1, -0.05) is 6.07 Å². The van der Waals surface area contributed by atoms with Crippen molar-refractivity contribution in [3.63, 3.8) is 0 Å². The van der Waals surface area contributed by atoms with Crippen LogP contribution in [0.3, 0.4) is 0 Å². The fourth-order valence-corrected chi connectivity index (χ4v) is 2.28. The molecule has 0 aliphatic heterocycles. The van der Waals surface area contributed by atoms with Crippen LogP contribution >= 0.6 is 15.9 Å². The Labute approximate surface area is 126 Å². The summed E-state index contributed by atoms with van der Waals surface area (Å²) in [5, 5.41) is 0. The van der Waals surface area contributed by atoms with Gasteiger partial charge in [0.2, 0.25) is 0 Å². The van der Waals surface area contributed by atoms with E-state index in [0.717, 1.165) is 15.8 Å². The molecule has 0 aliphatic carbocycles. The van der Waals surface area contributed by atoms with Crippen LogP contribution < -0.4 is 9.47 Å². The van der Waals surface area contributed by atoms with Crippen LogP contribution in [0, 0.1) is 6.92 Å². The van der Waals surface area contributed by atoms with Gasteiger partial charge in [0.15, 0.2) is 0 Å². The molecule has 0 unspecified atom stereocenters. The van der Waals surface area contributed by atoms with E-state index in [9.17, 15) is 4.79 Å². The molecule has 0 heterocycles. The highest BCUT2D eigenvalue weighted by molar-refractivity contribution is 9.10. The van der Waals surface area contributed by atoms with Gasteiger partial charge in [0.05, 0.1) is 16.6 Å². The lowest BCUT2D eigenvalue weighted by Crippen LogP contribution is -2.08. The largest absolute Gasteiger partial charge is 0.494 e. The van der Waals surface area contributed by atoms with Gasteiger partial charge in [-0.3, -0.25) is 0 Å². The SMILES string of the molecule is CCOc1ccc(C(=O)Oc2ccc(C)cc2Br)cc1. The van der Waals surface area contributed by atoms with Crippen molar-refractivity contribution in [1.82, 2.24) is 0 Å². The normalized spacial score (nSPS) is 10.2. The van der Waals surface area contributed by atoms with Crippen LogP contribution in [0.2, 0.25) is 0 Å². The van der Waals surface area contributed by atoms with Gasteiger partial charge in [-0.15, -0.1) is 0 Å². The van der Waals surface area contributed by atoms with Crippen LogP contribution in [0.5, 0.6) is 11.5 Å². The van der Waals surface area contributed by atoms with Crippen molar-refractivity contribution in [2.24, 2.45) is 0 Å². The van der Waals surface area contributed by atoms with Gasteiger partial charge in [0, 0.05) is 0 Å². The van der Waals surface area contributed by atoms with Crippen molar-refractivity contribution < 1.29 is 14.3 Å². The summed E-state index contributed by atoms with van der Waals surface area (Å²) in [5.41, 5.74) is 1.58. The first-order valence-electron chi connectivity index (χ1n) is 6.31. The Hall–Kier alpha value is -1.81. The first-order chi connectivity index (χ1) is 9.60. The number of hydrogen-bond donors (Lipinski definition) is 0. The molecule has 2 rings (SSSR count). The number of carbonyl (C=O) groups excluding carboxylic acids is 1. The minimum absolute atomic E-state index is 0.391. The molecule has 0 spiro atoms. The fourth-order valence-electron chi connectivity index (χ4n) is 1.70. The average Bonchev–Trinajstić information content (AvgIpc) is 2.43. The third-order valence-corrected chi connectivity index (χ3v) is 3.31. The third kappa shape index (κ3) is 3.61. The summed E-state index contributed by atoms with van der Waals surface area (Å²) in [6.07, 6.45) is 0. The Morgan fingerprint density at radius 2 is 1.85 bits per heavy atom. The van der Waals surface area contributed by atoms with E-state index in [0.29, 0.717) is 17.9 Å². The van der Waals surface area contributed by atoms with Crippen molar-refractivity contribution >= 4 is 21.9 Å². The molecular formula is C16H15BrO3. The molecule has 0 amide bonds. The zero-order valence-electron chi connectivity index (χ0n) is 11.4. The molecule has 4 heteroatoms. The second kappa shape index (κ2) is 6.57. The van der Waals surface area contributed by atoms with Gasteiger partial charge in [0.1, 0.15) is 11.5 Å². The van der Waals surface area contributed by atoms with Crippen LogP contribution in [-0.2, 0) is 0 Å². The molecule has 0 aliphatic rings. The maximum absolute atomic E-state index is 12.0. The van der Waals surface area contributed by atoms with Gasteiger partial charge in [-0.05, 0) is 71.7 Å². The van der Waals surface area contributed by atoms with Gasteiger partial charge in [-0.2, -0.15) is 0 Å². The summed E-state index contributed by atoms with van der Waals surface area (Å²) < 4.78 is 11.5. The van der Waals surface area contributed by atoms with Gasteiger partial charge in [0.25, 0.3) is 0 Å². The molecule has 0 saturated heterocycles. The average molecular weight is 335 g/mol. The topological polar surface area (TPSA) is 35.5 Å². The molecule has 104 valence electrons. The predicted molar refractivity (Wildman–Crippen MR) is 81.4 cm³/mol. The molecule has 0 saturated carbocycles. The molecule has 20 heavy (non-hydrogen) atoms. The second-order valence-corrected chi connectivity index (χ2v) is 5.14. The van der Waals surface area contributed by atoms with Crippen LogP contribution in [0.4, 0.5) is 0 Å². The first-order valence-corrected chi connectivity index (χ1v) is 7.10. The number of ether oxygens (including phenoxy) is 2. The van der Waals surface area contributed by atoms with E-state index >= 15 is 0 Å². The number of esters is 1. The van der Waals surface area contributed by atoms with Gasteiger partial charge in [-0.25, -0.2) is 4.79 Å². The Bertz CT molecular complexity index is 606. The molecule has 0 aromatic heterocycles. The summed E-state index contributed by atoms with van der Waals surface area (Å²) in [4.78, 5) is 12.0. The van der Waals surface area contributed by atoms with Gasteiger partial charge < -0.3 is 9.47 Å². The number of aryl methyl sites for hydroxylation is 1. The Kier molecular flexibility index (Phi) is 4.79. The molecular weight excluding hydrogens is 320 g/mol. The third-order valence-electron chi connectivity index (χ3n) is 2.69. The molecule has 3 nitrogen and oxygen atoms in total. The van der Waals surface area contributed by atoms with Crippen LogP contribution in [0.15, 0.2) is 46.9 Å². The predicted octanol–water partition coefficient (Wildman–Crippen LogP) is 4.38. The number of rotatable bonds is 4. The highest BCUT2D eigenvalue weighted by Gasteiger charge is 2.11. The lowest BCUT2D eigenvalue weighted by molar-refractivity contribution is 0.0733. The van der Waals surface area contributed by atoms with Crippen LogP contribution in [-0.4, -0.2) is 12.6 Å². The lowest BCUT2D eigenvalue weighted by Gasteiger charge is -2.08. The fraction of sp³-hybridized carbons (Fsp3) is 0.188. The number of benzene rings is 2. The molecule has 0 N–H and O–H groups in total. The van der Waals surface area contributed by atoms with E-state index in [4.69, 9.17) is 9.47 Å². The maximum atomic E-state index is 12.0. The van der Waals surface area contributed by atoms with E-state index in [-0.39, 0.29) is 0 Å². The van der Waals surface area contributed by atoms with Crippen molar-refractivity contribution in [3.8, 4) is 11.5 Å². The van der Waals surface area contributed by atoms with Crippen molar-refractivity contribution in [2.75, 3.05) is 6.61 Å². The second-order valence-electron chi connectivity index (χ2n) is 4.28. The highest BCUT2D eigenvalue weighted by atomic mass is 79.9. The minimum Gasteiger partial charge on any atom is -0.494 e. The lowest BCUT2D eigenvalue weighted by atomic mass is 10.2. The standard InChI is InChI=1S/C16H15BrO3/c1-3-19-13-7-5-12(6-8-13)16(18)20-15-9-4-11(2)10-14(15)17/h4-10H,3H2,1-2H3. The Morgan fingerprint density at radius 1 is 1.15 bits per heavy atom. The van der Waals surface area contributed by atoms with Crippen molar-refractivity contribution in [1.29, 1.82) is 0 Å². The highest BCUT2D eigenvalue weighted by Crippen LogP contribution is 2.26. The van der Waals surface area contributed by atoms with Gasteiger partial charge >= 0.3 is 5.97 Å². The quantitative estimate of drug-likeness (QED) is 0.615. The Morgan fingerprint density at radius 3 is 2.45 bits per heavy atom. The van der Waals surface area contributed by atoms with E-state index in [1.54, 1.807) is 30.3 Å². The van der Waals surface area contributed by atoms with Crippen molar-refractivity contribution in [3.05, 3.63) is 58.1 Å². The van der Waals surface area contributed by atoms with E-state index < -0.39 is 5.97 Å². The number of hydrogen-bond acceptors (Lipinski definition) is 3. The Balaban J connectivity index is 2.11. The summed E-state index contributed by atoms with van der Waals surface area (Å²) in [6.45, 7) is 4.49. The molecule has 0 fully saturated rings. The summed E-state index contributed by atoms with van der Waals surface area (Å²) in [6, 6.07) is 12.5. The van der Waals surface area contributed by atoms with E-state index in [1.807, 2.05) is 26.0 Å². The zero-order valence-corrected chi connectivity index (χ0v) is 12.9. The smallest absolute Gasteiger partial charge is 0.343 e. The van der Waals surface area contributed by atoms with E-state index in [2.05, 4.69) is 15.9 Å². The number of carbonyl (C=O) groups is 1. The van der Waals surface area contributed by atoms with Crippen LogP contribution in [0.1, 0.15) is 22.8 Å². The zero-order chi connectivity index (χ0) is 14.5. The summed E-state index contributed by atoms with van der Waals surface area (Å²) in [7, 11) is 0. The minimum atomic E-state index is -0.391. The monoisotopic (exact) mass is 334 g/mol. The molecule has 0 radical (unpaired) electrons. The van der Waals surface area contributed by atoms with Crippen molar-refractivity contribution in [2.45, 2.75) is 13.8 Å². The van der Waals surface area contributed by atoms with E-state index in [1.165, 1.54) is 0 Å². The molecule has 0 atom stereocenters. The summed E-state index contributed by atoms with van der Waals surface area (Å²) in [5.74, 6) is 0.854. The first kappa shape index (κ1) is 14.6. The molecule has 2 aromatic carbocycles. The number of halogens is 1.